The van der Waals surface area contributed by atoms with Gasteiger partial charge in [-0.15, -0.1) is 0 Å². The van der Waals surface area contributed by atoms with Gasteiger partial charge in [0.1, 0.15) is 22.3 Å². The largest absolute Gasteiger partial charge is 0.455 e. The number of hydrogen-bond donors (Lipinski definition) is 0. The Morgan fingerprint density at radius 2 is 0.718 bits per heavy atom. The quantitative estimate of drug-likeness (QED) is 0.176. The Kier molecular flexibility index (Phi) is 8.66. The van der Waals surface area contributed by atoms with E-state index in [0.29, 0.717) is 0 Å². The number of anilines is 3. The Hall–Kier alpha value is -9.64. The lowest BCUT2D eigenvalue weighted by molar-refractivity contribution is 0.473. The van der Waals surface area contributed by atoms with Crippen LogP contribution in [0.5, 0.6) is 11.5 Å². The summed E-state index contributed by atoms with van der Waals surface area (Å²) in [6, 6.07) is 81.9. The van der Waals surface area contributed by atoms with E-state index >= 15 is 0 Å². The molecule has 0 bridgehead atoms. The van der Waals surface area contributed by atoms with Crippen molar-refractivity contribution in [3.8, 4) is 67.1 Å². The minimum Gasteiger partial charge on any atom is -0.455 e. The summed E-state index contributed by atoms with van der Waals surface area (Å²) in [6.45, 7) is 9.50. The minimum absolute atomic E-state index is 0.362. The Bertz CT molecular complexity index is 4670. The molecule has 3 aliphatic rings. The third-order valence-electron chi connectivity index (χ3n) is 17.8. The minimum atomic E-state index is -0.362. The van der Waals surface area contributed by atoms with Crippen LogP contribution < -0.4 is 9.64 Å². The Labute approximate surface area is 451 Å². The van der Waals surface area contributed by atoms with E-state index in [1.807, 2.05) is 12.1 Å². The van der Waals surface area contributed by atoms with E-state index in [1.54, 1.807) is 0 Å². The summed E-state index contributed by atoms with van der Waals surface area (Å²) < 4.78 is 20.8. The molecule has 0 amide bonds. The molecule has 368 valence electrons. The van der Waals surface area contributed by atoms with Gasteiger partial charge in [0, 0.05) is 49.2 Å². The monoisotopic (exact) mass is 999 g/mol. The van der Waals surface area contributed by atoms with Gasteiger partial charge in [-0.25, -0.2) is 0 Å². The van der Waals surface area contributed by atoms with Crippen molar-refractivity contribution in [2.45, 2.75) is 38.5 Å². The van der Waals surface area contributed by atoms with E-state index in [2.05, 4.69) is 245 Å². The zero-order valence-electron chi connectivity index (χ0n) is 43.5. The number of fused-ring (bicyclic) bond motifs is 18. The molecule has 12 aromatic carbocycles. The molecule has 1 aliphatic heterocycles. The zero-order valence-corrected chi connectivity index (χ0v) is 43.5. The second-order valence-corrected chi connectivity index (χ2v) is 22.7. The number of nitrogens with zero attached hydrogens (tertiary/aromatic N) is 1. The van der Waals surface area contributed by atoms with Crippen LogP contribution in [0.25, 0.3) is 121 Å². The standard InChI is InChI=1S/C74H49NO3/c1-73(2)59-40-67-63(38-57(59)69-49-24-10-8-20-45(49)55(36-61(69)73)53-28-16-26-51-47-22-12-14-30-65(47)77-71(51)53)75(44-34-32-43(33-35-44)42-18-6-5-7-19-42)64-39-58-60(41-68(64)76-67)74(3,4)62-37-56(46-21-9-11-25-50(46)70(58)62)54-29-17-27-52-48-23-13-15-31-66(48)78-72(52)54/h5-41H,1-4H3. The van der Waals surface area contributed by atoms with Crippen LogP contribution in [0.3, 0.4) is 0 Å². The van der Waals surface area contributed by atoms with Gasteiger partial charge < -0.3 is 18.5 Å². The van der Waals surface area contributed by atoms with Crippen LogP contribution in [0, 0.1) is 0 Å². The molecule has 0 saturated carbocycles. The maximum atomic E-state index is 7.41. The van der Waals surface area contributed by atoms with Crippen LogP contribution >= 0.6 is 0 Å². The highest BCUT2D eigenvalue weighted by Crippen LogP contribution is 2.63. The first-order chi connectivity index (χ1) is 38.2. The molecule has 4 heteroatoms. The number of benzene rings is 12. The summed E-state index contributed by atoms with van der Waals surface area (Å²) in [5, 5.41) is 9.36. The molecule has 0 unspecified atom stereocenters. The van der Waals surface area contributed by atoms with Crippen molar-refractivity contribution in [2.24, 2.45) is 0 Å². The van der Waals surface area contributed by atoms with Crippen LogP contribution in [0.4, 0.5) is 17.1 Å². The summed E-state index contributed by atoms with van der Waals surface area (Å²) >= 11 is 0. The third kappa shape index (κ3) is 5.84. The summed E-state index contributed by atoms with van der Waals surface area (Å²) in [5.41, 5.74) is 22.9. The molecule has 0 saturated heterocycles. The van der Waals surface area contributed by atoms with Crippen molar-refractivity contribution in [2.75, 3.05) is 4.90 Å². The summed E-state index contributed by atoms with van der Waals surface area (Å²) in [6.07, 6.45) is 0. The van der Waals surface area contributed by atoms with Crippen molar-refractivity contribution in [1.29, 1.82) is 0 Å². The molecule has 78 heavy (non-hydrogen) atoms. The molecule has 0 N–H and O–H groups in total. The highest BCUT2D eigenvalue weighted by Gasteiger charge is 2.43. The zero-order chi connectivity index (χ0) is 51.8. The molecule has 0 radical (unpaired) electrons. The molecular weight excluding hydrogens is 951 g/mol. The van der Waals surface area contributed by atoms with E-state index in [0.717, 1.165) is 83.6 Å². The van der Waals surface area contributed by atoms with Gasteiger partial charge in [-0.1, -0.05) is 191 Å². The third-order valence-corrected chi connectivity index (χ3v) is 17.8. The van der Waals surface area contributed by atoms with E-state index in [9.17, 15) is 0 Å². The molecule has 0 atom stereocenters. The van der Waals surface area contributed by atoms with Crippen molar-refractivity contribution in [3.63, 3.8) is 0 Å². The van der Waals surface area contributed by atoms with E-state index < -0.39 is 0 Å². The molecular formula is C74H49NO3. The lowest BCUT2D eigenvalue weighted by Crippen LogP contribution is -2.20. The summed E-state index contributed by atoms with van der Waals surface area (Å²) in [5.74, 6) is 1.68. The molecule has 0 fully saturated rings. The number of hydrogen-bond acceptors (Lipinski definition) is 4. The van der Waals surface area contributed by atoms with Gasteiger partial charge >= 0.3 is 0 Å². The Balaban J connectivity index is 0.878. The van der Waals surface area contributed by atoms with Gasteiger partial charge in [-0.05, 0) is 149 Å². The SMILES string of the molecule is CC1(C)c2cc3c(cc2-c2c1cc(-c1cccc4c1oc1ccccc14)c1ccccc21)N(c1ccc(-c2ccccc2)cc1)c1cc2c(cc1O3)C(C)(C)c1cc(-c3cccc4c3oc3ccccc34)c3ccccc3c1-2. The second-order valence-electron chi connectivity index (χ2n) is 22.7. The average Bonchev–Trinajstić information content (AvgIpc) is 4.31. The van der Waals surface area contributed by atoms with Gasteiger partial charge in [0.15, 0.2) is 11.5 Å². The molecule has 2 aliphatic carbocycles. The molecule has 17 rings (SSSR count). The van der Waals surface area contributed by atoms with Crippen molar-refractivity contribution >= 4 is 82.5 Å². The van der Waals surface area contributed by atoms with Gasteiger partial charge in [0.05, 0.1) is 11.4 Å². The van der Waals surface area contributed by atoms with Crippen LogP contribution in [0.15, 0.2) is 233 Å². The Morgan fingerprint density at radius 3 is 1.21 bits per heavy atom. The maximum absolute atomic E-state index is 7.41. The normalized spacial score (nSPS) is 14.4. The van der Waals surface area contributed by atoms with Crippen molar-refractivity contribution < 1.29 is 13.6 Å². The maximum Gasteiger partial charge on any atom is 0.151 e. The van der Waals surface area contributed by atoms with Crippen LogP contribution in [-0.2, 0) is 10.8 Å². The van der Waals surface area contributed by atoms with Gasteiger partial charge in [0.2, 0.25) is 0 Å². The van der Waals surface area contributed by atoms with Crippen molar-refractivity contribution in [3.05, 3.63) is 247 Å². The first kappa shape index (κ1) is 43.6. The van der Waals surface area contributed by atoms with Gasteiger partial charge in [0.25, 0.3) is 0 Å². The average molecular weight is 1000 g/mol. The first-order valence-corrected chi connectivity index (χ1v) is 27.1. The number of furan rings is 2. The highest BCUT2D eigenvalue weighted by atomic mass is 16.5. The Morgan fingerprint density at radius 1 is 0.308 bits per heavy atom. The van der Waals surface area contributed by atoms with E-state index in [4.69, 9.17) is 13.6 Å². The number of rotatable bonds is 4. The molecule has 4 nitrogen and oxygen atoms in total. The van der Waals surface area contributed by atoms with Crippen LogP contribution in [-0.4, -0.2) is 0 Å². The predicted octanol–water partition coefficient (Wildman–Crippen LogP) is 21.0. The lowest BCUT2D eigenvalue weighted by atomic mass is 9.80. The summed E-state index contributed by atoms with van der Waals surface area (Å²) in [7, 11) is 0. The van der Waals surface area contributed by atoms with Gasteiger partial charge in [-0.3, -0.25) is 0 Å². The fourth-order valence-electron chi connectivity index (χ4n) is 14.0. The fraction of sp³-hybridized carbons (Fsp3) is 0.0811. The fourth-order valence-corrected chi connectivity index (χ4v) is 14.0. The smallest absolute Gasteiger partial charge is 0.151 e. The molecule has 2 aromatic heterocycles. The predicted molar refractivity (Wildman–Crippen MR) is 322 cm³/mol. The van der Waals surface area contributed by atoms with E-state index in [1.165, 1.54) is 88.3 Å². The van der Waals surface area contributed by atoms with Crippen LogP contribution in [0.1, 0.15) is 49.9 Å². The molecule has 14 aromatic rings. The lowest BCUT2D eigenvalue weighted by Gasteiger charge is -2.35. The molecule has 0 spiro atoms. The topological polar surface area (TPSA) is 38.8 Å². The van der Waals surface area contributed by atoms with Gasteiger partial charge in [-0.2, -0.15) is 0 Å². The van der Waals surface area contributed by atoms with Crippen molar-refractivity contribution in [1.82, 2.24) is 0 Å². The number of para-hydroxylation sites is 4. The van der Waals surface area contributed by atoms with E-state index in [-0.39, 0.29) is 10.8 Å². The second kappa shape index (κ2) is 15.5. The first-order valence-electron chi connectivity index (χ1n) is 27.1. The highest BCUT2D eigenvalue weighted by molar-refractivity contribution is 6.17. The van der Waals surface area contributed by atoms with Crippen LogP contribution in [0.2, 0.25) is 0 Å². The molecule has 3 heterocycles. The number of ether oxygens (including phenoxy) is 1. The summed E-state index contributed by atoms with van der Waals surface area (Å²) in [4.78, 5) is 2.46.